The van der Waals surface area contributed by atoms with E-state index in [1.807, 2.05) is 51.1 Å². The molecule has 1 amide bonds. The summed E-state index contributed by atoms with van der Waals surface area (Å²) in [6.07, 6.45) is 0. The lowest BCUT2D eigenvalue weighted by Crippen LogP contribution is -2.37. The fraction of sp³-hybridized carbons (Fsp3) is 0.444. The fourth-order valence-electron chi connectivity index (χ4n) is 2.73. The van der Waals surface area contributed by atoms with Gasteiger partial charge in [0.05, 0.1) is 11.3 Å². The number of carbonyl (C=O) groups is 1. The highest BCUT2D eigenvalue weighted by atomic mass is 32.1. The molecule has 1 aromatic heterocycles. The van der Waals surface area contributed by atoms with E-state index in [9.17, 15) is 9.90 Å². The predicted molar refractivity (Wildman–Crippen MR) is 98.8 cm³/mol. The molecule has 0 aliphatic heterocycles. The van der Waals surface area contributed by atoms with Crippen molar-refractivity contribution in [2.75, 3.05) is 25.5 Å². The van der Waals surface area contributed by atoms with Crippen LogP contribution in [0.3, 0.4) is 0 Å². The smallest absolute Gasteiger partial charge is 0.256 e. The fourth-order valence-corrected chi connectivity index (χ4v) is 3.47. The molecular formula is C18H25N3O2S. The Balaban J connectivity index is 2.19. The van der Waals surface area contributed by atoms with Gasteiger partial charge in [-0.1, -0.05) is 44.2 Å². The van der Waals surface area contributed by atoms with Crippen LogP contribution in [0.25, 0.3) is 0 Å². The average Bonchev–Trinajstić information content (AvgIpc) is 2.96. The van der Waals surface area contributed by atoms with Gasteiger partial charge in [0.25, 0.3) is 5.91 Å². The third-order valence-electron chi connectivity index (χ3n) is 4.34. The van der Waals surface area contributed by atoms with Crippen molar-refractivity contribution in [2.24, 2.45) is 5.41 Å². The van der Waals surface area contributed by atoms with Crippen molar-refractivity contribution in [3.05, 3.63) is 47.2 Å². The number of amides is 1. The number of benzene rings is 1. The van der Waals surface area contributed by atoms with E-state index in [0.29, 0.717) is 12.1 Å². The first-order valence-electron chi connectivity index (χ1n) is 7.98. The molecule has 1 atom stereocenters. The number of aliphatic hydroxyl groups excluding tert-OH is 1. The predicted octanol–water partition coefficient (Wildman–Crippen LogP) is 3.03. The summed E-state index contributed by atoms with van der Waals surface area (Å²) in [7, 11) is 1.78. The van der Waals surface area contributed by atoms with Gasteiger partial charge in [0.1, 0.15) is 5.00 Å². The third kappa shape index (κ3) is 3.94. The van der Waals surface area contributed by atoms with Gasteiger partial charge in [-0.15, -0.1) is 0 Å². The van der Waals surface area contributed by atoms with Crippen LogP contribution in [0.4, 0.5) is 5.00 Å². The summed E-state index contributed by atoms with van der Waals surface area (Å²) in [5.74, 6) is -0.127. The summed E-state index contributed by atoms with van der Waals surface area (Å²) in [5.41, 5.74) is 2.07. The SMILES string of the molecule is CNc1snc(C)c1C(=O)NCC(c1ccccc1)C(C)(C)CO. The standard InChI is InChI=1S/C18H25N3O2S/c1-12-15(17(19-4)24-21-12)16(23)20-10-14(18(2,3)11-22)13-8-6-5-7-9-13/h5-9,14,19,22H,10-11H2,1-4H3,(H,20,23). The highest BCUT2D eigenvalue weighted by molar-refractivity contribution is 7.10. The van der Waals surface area contributed by atoms with Gasteiger partial charge in [-0.05, 0) is 29.4 Å². The van der Waals surface area contributed by atoms with Crippen LogP contribution in [0.2, 0.25) is 0 Å². The molecule has 0 saturated carbocycles. The molecule has 0 aliphatic rings. The molecule has 24 heavy (non-hydrogen) atoms. The minimum absolute atomic E-state index is 0.0117. The summed E-state index contributed by atoms with van der Waals surface area (Å²) < 4.78 is 4.24. The first-order valence-corrected chi connectivity index (χ1v) is 8.76. The molecule has 0 fully saturated rings. The van der Waals surface area contributed by atoms with Crippen LogP contribution in [0.15, 0.2) is 30.3 Å². The average molecular weight is 347 g/mol. The molecular weight excluding hydrogens is 322 g/mol. The largest absolute Gasteiger partial charge is 0.396 e. The van der Waals surface area contributed by atoms with E-state index in [1.54, 1.807) is 7.05 Å². The van der Waals surface area contributed by atoms with Gasteiger partial charge in [-0.2, -0.15) is 4.37 Å². The Hall–Kier alpha value is -1.92. The highest BCUT2D eigenvalue weighted by Gasteiger charge is 2.31. The number of hydrogen-bond acceptors (Lipinski definition) is 5. The summed E-state index contributed by atoms with van der Waals surface area (Å²) in [5, 5.41) is 16.6. The van der Waals surface area contributed by atoms with Crippen molar-refractivity contribution in [1.29, 1.82) is 0 Å². The van der Waals surface area contributed by atoms with E-state index in [4.69, 9.17) is 0 Å². The summed E-state index contributed by atoms with van der Waals surface area (Å²) in [6, 6.07) is 9.98. The van der Waals surface area contributed by atoms with E-state index < -0.39 is 0 Å². The Labute approximate surface area is 147 Å². The monoisotopic (exact) mass is 347 g/mol. The maximum atomic E-state index is 12.6. The number of carbonyl (C=O) groups excluding carboxylic acids is 1. The quantitative estimate of drug-likeness (QED) is 0.720. The number of hydrogen-bond donors (Lipinski definition) is 3. The lowest BCUT2D eigenvalue weighted by atomic mass is 9.75. The highest BCUT2D eigenvalue weighted by Crippen LogP contribution is 2.34. The number of anilines is 1. The number of aromatic nitrogens is 1. The second-order valence-electron chi connectivity index (χ2n) is 6.54. The van der Waals surface area contributed by atoms with Gasteiger partial charge < -0.3 is 15.7 Å². The number of aliphatic hydroxyl groups is 1. The molecule has 3 N–H and O–H groups in total. The molecule has 0 aliphatic carbocycles. The van der Waals surface area contributed by atoms with Crippen molar-refractivity contribution < 1.29 is 9.90 Å². The Morgan fingerprint density at radius 3 is 2.58 bits per heavy atom. The minimum atomic E-state index is -0.345. The number of rotatable bonds is 7. The molecule has 0 radical (unpaired) electrons. The Morgan fingerprint density at radius 2 is 2.00 bits per heavy atom. The van der Waals surface area contributed by atoms with Gasteiger partial charge in [0, 0.05) is 26.1 Å². The first-order chi connectivity index (χ1) is 11.4. The van der Waals surface area contributed by atoms with Crippen molar-refractivity contribution in [3.8, 4) is 0 Å². The molecule has 1 unspecified atom stereocenters. The normalized spacial score (nSPS) is 12.7. The van der Waals surface area contributed by atoms with Crippen molar-refractivity contribution >= 4 is 22.4 Å². The van der Waals surface area contributed by atoms with Crippen LogP contribution in [-0.4, -0.2) is 35.6 Å². The van der Waals surface area contributed by atoms with Crippen molar-refractivity contribution in [3.63, 3.8) is 0 Å². The third-order valence-corrected chi connectivity index (χ3v) is 5.29. The van der Waals surface area contributed by atoms with Crippen molar-refractivity contribution in [1.82, 2.24) is 9.69 Å². The molecule has 6 heteroatoms. The van der Waals surface area contributed by atoms with E-state index in [1.165, 1.54) is 11.5 Å². The number of aryl methyl sites for hydroxylation is 1. The molecule has 0 bridgehead atoms. The van der Waals surface area contributed by atoms with Gasteiger partial charge in [-0.3, -0.25) is 4.79 Å². The zero-order chi connectivity index (χ0) is 17.7. The Morgan fingerprint density at radius 1 is 1.33 bits per heavy atom. The second kappa shape index (κ2) is 7.77. The van der Waals surface area contributed by atoms with Crippen molar-refractivity contribution in [2.45, 2.75) is 26.7 Å². The number of nitrogens with one attached hydrogen (secondary N) is 2. The molecule has 2 rings (SSSR count). The zero-order valence-corrected chi connectivity index (χ0v) is 15.4. The van der Waals surface area contributed by atoms with Crippen LogP contribution in [-0.2, 0) is 0 Å². The Kier molecular flexibility index (Phi) is 5.96. The first kappa shape index (κ1) is 18.4. The van der Waals surface area contributed by atoms with Gasteiger partial charge >= 0.3 is 0 Å². The van der Waals surface area contributed by atoms with Gasteiger partial charge in [0.2, 0.25) is 0 Å². The van der Waals surface area contributed by atoms with E-state index >= 15 is 0 Å². The molecule has 2 aromatic rings. The van der Waals surface area contributed by atoms with Crippen LogP contribution < -0.4 is 10.6 Å². The van der Waals surface area contributed by atoms with Crippen LogP contribution in [0, 0.1) is 12.3 Å². The van der Waals surface area contributed by atoms with Crippen LogP contribution >= 0.6 is 11.5 Å². The van der Waals surface area contributed by atoms with Crippen LogP contribution in [0.5, 0.6) is 0 Å². The maximum absolute atomic E-state index is 12.6. The number of nitrogens with zero attached hydrogens (tertiary/aromatic N) is 1. The zero-order valence-electron chi connectivity index (χ0n) is 14.6. The molecule has 1 heterocycles. The van der Waals surface area contributed by atoms with E-state index in [0.717, 1.165) is 16.3 Å². The summed E-state index contributed by atoms with van der Waals surface area (Å²) in [6.45, 7) is 6.34. The van der Waals surface area contributed by atoms with E-state index in [-0.39, 0.29) is 23.8 Å². The topological polar surface area (TPSA) is 74.2 Å². The molecule has 0 spiro atoms. The summed E-state index contributed by atoms with van der Waals surface area (Å²) >= 11 is 1.28. The molecule has 5 nitrogen and oxygen atoms in total. The molecule has 130 valence electrons. The Bertz CT molecular complexity index is 683. The van der Waals surface area contributed by atoms with Crippen LogP contribution in [0.1, 0.15) is 41.4 Å². The van der Waals surface area contributed by atoms with E-state index in [2.05, 4.69) is 15.0 Å². The van der Waals surface area contributed by atoms with Gasteiger partial charge in [-0.25, -0.2) is 0 Å². The maximum Gasteiger partial charge on any atom is 0.256 e. The van der Waals surface area contributed by atoms with Gasteiger partial charge in [0.15, 0.2) is 0 Å². The second-order valence-corrected chi connectivity index (χ2v) is 7.32. The molecule has 0 saturated heterocycles. The molecule has 1 aromatic carbocycles. The summed E-state index contributed by atoms with van der Waals surface area (Å²) in [4.78, 5) is 12.6. The minimum Gasteiger partial charge on any atom is -0.396 e. The lowest BCUT2D eigenvalue weighted by Gasteiger charge is -2.33. The lowest BCUT2D eigenvalue weighted by molar-refractivity contribution is 0.0920.